The Labute approximate surface area is 158 Å². The SMILES string of the molecule is CCN1CCCC1CNC(=NC)NCC(C)N1CCc2ccccc2C1. The second-order valence-corrected chi connectivity index (χ2v) is 7.60. The Morgan fingerprint density at radius 3 is 2.81 bits per heavy atom. The van der Waals surface area contributed by atoms with Crippen molar-refractivity contribution < 1.29 is 0 Å². The number of nitrogens with zero attached hydrogens (tertiary/aromatic N) is 3. The van der Waals surface area contributed by atoms with Crippen molar-refractivity contribution in [1.82, 2.24) is 20.4 Å². The molecule has 26 heavy (non-hydrogen) atoms. The monoisotopic (exact) mass is 357 g/mol. The van der Waals surface area contributed by atoms with Gasteiger partial charge in [-0.05, 0) is 50.4 Å². The number of hydrogen-bond acceptors (Lipinski definition) is 3. The van der Waals surface area contributed by atoms with Crippen LogP contribution in [-0.2, 0) is 13.0 Å². The van der Waals surface area contributed by atoms with Gasteiger partial charge in [-0.3, -0.25) is 14.8 Å². The van der Waals surface area contributed by atoms with Crippen LogP contribution < -0.4 is 10.6 Å². The smallest absolute Gasteiger partial charge is 0.191 e. The zero-order chi connectivity index (χ0) is 18.4. The number of hydrogen-bond donors (Lipinski definition) is 2. The summed E-state index contributed by atoms with van der Waals surface area (Å²) in [6.07, 6.45) is 3.77. The molecule has 2 aliphatic heterocycles. The summed E-state index contributed by atoms with van der Waals surface area (Å²) in [5, 5.41) is 7.05. The zero-order valence-corrected chi connectivity index (χ0v) is 16.7. The van der Waals surface area contributed by atoms with Crippen molar-refractivity contribution in [2.45, 2.75) is 51.7 Å². The molecule has 5 nitrogen and oxygen atoms in total. The number of nitrogens with one attached hydrogen (secondary N) is 2. The van der Waals surface area contributed by atoms with Crippen LogP contribution in [0.15, 0.2) is 29.3 Å². The van der Waals surface area contributed by atoms with Crippen LogP contribution in [0, 0.1) is 0 Å². The second-order valence-electron chi connectivity index (χ2n) is 7.60. The van der Waals surface area contributed by atoms with Crippen LogP contribution in [0.25, 0.3) is 0 Å². The fourth-order valence-electron chi connectivity index (χ4n) is 4.24. The van der Waals surface area contributed by atoms with Gasteiger partial charge in [-0.1, -0.05) is 31.2 Å². The lowest BCUT2D eigenvalue weighted by molar-refractivity contribution is 0.191. The molecule has 1 fully saturated rings. The fraction of sp³-hybridized carbons (Fsp3) is 0.667. The van der Waals surface area contributed by atoms with Crippen LogP contribution in [0.5, 0.6) is 0 Å². The average molecular weight is 358 g/mol. The number of aliphatic imine (C=N–C) groups is 1. The lowest BCUT2D eigenvalue weighted by atomic mass is 9.99. The molecule has 3 rings (SSSR count). The maximum atomic E-state index is 4.41. The molecule has 1 aromatic carbocycles. The first-order chi connectivity index (χ1) is 12.7. The molecule has 0 aromatic heterocycles. The third-order valence-electron chi connectivity index (χ3n) is 5.98. The van der Waals surface area contributed by atoms with Crippen LogP contribution in [0.4, 0.5) is 0 Å². The summed E-state index contributed by atoms with van der Waals surface area (Å²) < 4.78 is 0. The summed E-state index contributed by atoms with van der Waals surface area (Å²) >= 11 is 0. The highest BCUT2D eigenvalue weighted by molar-refractivity contribution is 5.79. The number of fused-ring (bicyclic) bond motifs is 1. The number of likely N-dealkylation sites (N-methyl/N-ethyl adjacent to an activating group) is 1. The maximum absolute atomic E-state index is 4.41. The van der Waals surface area contributed by atoms with Crippen molar-refractivity contribution in [2.24, 2.45) is 4.99 Å². The molecule has 0 saturated carbocycles. The molecular formula is C21H35N5. The van der Waals surface area contributed by atoms with Crippen LogP contribution in [0.1, 0.15) is 37.8 Å². The summed E-state index contributed by atoms with van der Waals surface area (Å²) in [6, 6.07) is 9.97. The van der Waals surface area contributed by atoms with E-state index < -0.39 is 0 Å². The Hall–Kier alpha value is -1.59. The number of rotatable bonds is 6. The first-order valence-electron chi connectivity index (χ1n) is 10.2. The van der Waals surface area contributed by atoms with Gasteiger partial charge >= 0.3 is 0 Å². The lowest BCUT2D eigenvalue weighted by Gasteiger charge is -2.34. The highest BCUT2D eigenvalue weighted by Gasteiger charge is 2.23. The van der Waals surface area contributed by atoms with Gasteiger partial charge in [0.1, 0.15) is 0 Å². The standard InChI is InChI=1S/C21H35N5/c1-4-25-12-7-10-20(25)15-24-21(22-3)23-14-17(2)26-13-11-18-8-5-6-9-19(18)16-26/h5-6,8-9,17,20H,4,7,10-16H2,1-3H3,(H2,22,23,24). The normalized spacial score (nSPS) is 22.9. The number of guanidine groups is 1. The van der Waals surface area contributed by atoms with Gasteiger partial charge < -0.3 is 10.6 Å². The van der Waals surface area contributed by atoms with E-state index in [1.54, 1.807) is 0 Å². The fourth-order valence-corrected chi connectivity index (χ4v) is 4.24. The van der Waals surface area contributed by atoms with Crippen molar-refractivity contribution in [3.05, 3.63) is 35.4 Å². The van der Waals surface area contributed by atoms with Crippen molar-refractivity contribution in [3.63, 3.8) is 0 Å². The Bertz CT molecular complexity index is 600. The first-order valence-corrected chi connectivity index (χ1v) is 10.2. The van der Waals surface area contributed by atoms with Crippen LogP contribution >= 0.6 is 0 Å². The molecular weight excluding hydrogens is 322 g/mol. The molecule has 1 saturated heterocycles. The lowest BCUT2D eigenvalue weighted by Crippen LogP contribution is -2.49. The molecule has 0 amide bonds. The topological polar surface area (TPSA) is 42.9 Å². The molecule has 2 heterocycles. The molecule has 0 aliphatic carbocycles. The number of likely N-dealkylation sites (tertiary alicyclic amines) is 1. The minimum Gasteiger partial charge on any atom is -0.355 e. The van der Waals surface area contributed by atoms with Crippen LogP contribution in [0.3, 0.4) is 0 Å². The highest BCUT2D eigenvalue weighted by atomic mass is 15.2. The largest absolute Gasteiger partial charge is 0.355 e. The van der Waals surface area contributed by atoms with Gasteiger partial charge in [0.2, 0.25) is 0 Å². The predicted molar refractivity (Wildman–Crippen MR) is 110 cm³/mol. The van der Waals surface area contributed by atoms with Gasteiger partial charge in [0.15, 0.2) is 5.96 Å². The molecule has 144 valence electrons. The molecule has 2 aliphatic rings. The third-order valence-corrected chi connectivity index (χ3v) is 5.98. The van der Waals surface area contributed by atoms with E-state index in [1.165, 1.54) is 30.5 Å². The summed E-state index contributed by atoms with van der Waals surface area (Å²) in [6.45, 7) is 11.0. The summed E-state index contributed by atoms with van der Waals surface area (Å²) in [5.74, 6) is 0.928. The Balaban J connectivity index is 1.43. The third kappa shape index (κ3) is 4.77. The van der Waals surface area contributed by atoms with E-state index >= 15 is 0 Å². The minimum absolute atomic E-state index is 0.487. The Kier molecular flexibility index (Phi) is 6.92. The van der Waals surface area contributed by atoms with E-state index in [0.29, 0.717) is 12.1 Å². The maximum Gasteiger partial charge on any atom is 0.191 e. The zero-order valence-electron chi connectivity index (χ0n) is 16.7. The van der Waals surface area contributed by atoms with Crippen molar-refractivity contribution in [1.29, 1.82) is 0 Å². The molecule has 2 N–H and O–H groups in total. The van der Waals surface area contributed by atoms with Crippen molar-refractivity contribution in [2.75, 3.05) is 39.8 Å². The van der Waals surface area contributed by atoms with Gasteiger partial charge in [0.25, 0.3) is 0 Å². The van der Waals surface area contributed by atoms with Gasteiger partial charge in [-0.25, -0.2) is 0 Å². The van der Waals surface area contributed by atoms with Gasteiger partial charge in [-0.2, -0.15) is 0 Å². The number of benzene rings is 1. The Morgan fingerprint density at radius 2 is 2.04 bits per heavy atom. The highest BCUT2D eigenvalue weighted by Crippen LogP contribution is 2.20. The van der Waals surface area contributed by atoms with E-state index in [1.807, 2.05) is 7.05 Å². The van der Waals surface area contributed by atoms with Crippen LogP contribution in [0.2, 0.25) is 0 Å². The predicted octanol–water partition coefficient (Wildman–Crippen LogP) is 2.08. The summed E-state index contributed by atoms with van der Waals surface area (Å²) in [4.78, 5) is 9.54. The first kappa shape index (κ1) is 19.2. The van der Waals surface area contributed by atoms with E-state index in [9.17, 15) is 0 Å². The molecule has 0 bridgehead atoms. The summed E-state index contributed by atoms with van der Waals surface area (Å²) in [7, 11) is 1.86. The molecule has 5 heteroatoms. The summed E-state index contributed by atoms with van der Waals surface area (Å²) in [5.41, 5.74) is 2.99. The van der Waals surface area contributed by atoms with E-state index in [0.717, 1.165) is 45.1 Å². The van der Waals surface area contributed by atoms with E-state index in [2.05, 4.69) is 63.5 Å². The minimum atomic E-state index is 0.487. The van der Waals surface area contributed by atoms with Gasteiger partial charge in [-0.15, -0.1) is 0 Å². The van der Waals surface area contributed by atoms with Crippen molar-refractivity contribution in [3.8, 4) is 0 Å². The average Bonchev–Trinajstić information content (AvgIpc) is 3.15. The van der Waals surface area contributed by atoms with Gasteiger partial charge in [0, 0.05) is 45.3 Å². The Morgan fingerprint density at radius 1 is 1.23 bits per heavy atom. The van der Waals surface area contributed by atoms with E-state index in [4.69, 9.17) is 0 Å². The van der Waals surface area contributed by atoms with Crippen LogP contribution in [-0.4, -0.2) is 67.6 Å². The molecule has 2 unspecified atom stereocenters. The van der Waals surface area contributed by atoms with E-state index in [-0.39, 0.29) is 0 Å². The van der Waals surface area contributed by atoms with Crippen molar-refractivity contribution >= 4 is 5.96 Å². The molecule has 0 radical (unpaired) electrons. The molecule has 2 atom stereocenters. The second kappa shape index (κ2) is 9.38. The molecule has 0 spiro atoms. The molecule has 1 aromatic rings. The van der Waals surface area contributed by atoms with Gasteiger partial charge in [0.05, 0.1) is 0 Å². The quantitative estimate of drug-likeness (QED) is 0.604.